The molecule has 15 unspecified atom stereocenters. The van der Waals surface area contributed by atoms with Gasteiger partial charge in [-0.2, -0.15) is 0 Å². The third-order valence-corrected chi connectivity index (χ3v) is 29.2. The van der Waals surface area contributed by atoms with Crippen molar-refractivity contribution in [2.75, 3.05) is 0 Å². The summed E-state index contributed by atoms with van der Waals surface area (Å²) in [5.74, 6) is 16.1. The van der Waals surface area contributed by atoms with Crippen molar-refractivity contribution in [3.63, 3.8) is 0 Å². The molecule has 0 heterocycles. The van der Waals surface area contributed by atoms with Crippen molar-refractivity contribution in [2.24, 2.45) is 111 Å². The lowest BCUT2D eigenvalue weighted by molar-refractivity contribution is -0.0348. The summed E-state index contributed by atoms with van der Waals surface area (Å²) in [5.41, 5.74) is 1.67. The summed E-state index contributed by atoms with van der Waals surface area (Å²) in [6.07, 6.45) is 63.7. The third-order valence-electron chi connectivity index (χ3n) is 29.2. The Kier molecular flexibility index (Phi) is 15.2. The Bertz CT molecular complexity index is 1790. The van der Waals surface area contributed by atoms with Crippen LogP contribution in [-0.4, -0.2) is 46.1 Å². The van der Waals surface area contributed by atoms with Crippen molar-refractivity contribution in [1.29, 1.82) is 0 Å². The van der Waals surface area contributed by atoms with Crippen molar-refractivity contribution in [3.8, 4) is 0 Å². The molecule has 412 valence electrons. The van der Waals surface area contributed by atoms with Gasteiger partial charge in [0.15, 0.2) is 0 Å². The van der Waals surface area contributed by atoms with E-state index < -0.39 is 0 Å². The van der Waals surface area contributed by atoms with Gasteiger partial charge in [-0.05, 0) is 284 Å². The molecule has 13 rings (SSSR count). The number of rotatable bonds is 9. The summed E-state index contributed by atoms with van der Waals surface area (Å²) in [7, 11) is 0. The molecular weight excluding hydrogens is 881 g/mol. The van der Waals surface area contributed by atoms with Crippen LogP contribution in [0.1, 0.15) is 286 Å². The van der Waals surface area contributed by atoms with Crippen molar-refractivity contribution in [2.45, 2.75) is 322 Å². The largest absolute Gasteiger partial charge is 0.294 e. The van der Waals surface area contributed by atoms with E-state index in [0.29, 0.717) is 16.2 Å². The highest BCUT2D eigenvalue weighted by atomic mass is 15.2. The highest BCUT2D eigenvalue weighted by molar-refractivity contribution is 5.12. The van der Waals surface area contributed by atoms with Gasteiger partial charge in [0.25, 0.3) is 0 Å². The Balaban J connectivity index is 0.667. The van der Waals surface area contributed by atoms with Gasteiger partial charge in [-0.3, -0.25) is 9.80 Å². The topological polar surface area (TPSA) is 6.48 Å². The van der Waals surface area contributed by atoms with Crippen molar-refractivity contribution in [3.05, 3.63) is 12.2 Å². The summed E-state index contributed by atoms with van der Waals surface area (Å²) < 4.78 is 0. The van der Waals surface area contributed by atoms with E-state index in [-0.39, 0.29) is 0 Å². The average molecular weight is 1000 g/mol. The number of hydrogen-bond donors (Lipinski definition) is 0. The second kappa shape index (κ2) is 21.3. The van der Waals surface area contributed by atoms with E-state index in [4.69, 9.17) is 0 Å². The minimum Gasteiger partial charge on any atom is -0.294 e. The zero-order chi connectivity index (χ0) is 49.6. The van der Waals surface area contributed by atoms with E-state index in [1.165, 1.54) is 141 Å². The van der Waals surface area contributed by atoms with Gasteiger partial charge >= 0.3 is 0 Å². The van der Waals surface area contributed by atoms with Crippen LogP contribution in [0.4, 0.5) is 0 Å². The van der Waals surface area contributed by atoms with Gasteiger partial charge in [0.05, 0.1) is 0 Å². The summed E-state index contributed by atoms with van der Waals surface area (Å²) in [6, 6.07) is 5.18. The van der Waals surface area contributed by atoms with Crippen LogP contribution in [0.15, 0.2) is 12.2 Å². The molecule has 0 radical (unpaired) electrons. The average Bonchev–Trinajstić information content (AvgIpc) is 3.91. The first-order chi connectivity index (χ1) is 35.4. The van der Waals surface area contributed by atoms with E-state index >= 15 is 0 Å². The van der Waals surface area contributed by atoms with Crippen LogP contribution in [-0.2, 0) is 0 Å². The molecule has 0 spiro atoms. The number of hydrogen-bond acceptors (Lipinski definition) is 2. The maximum Gasteiger partial charge on any atom is 0.0104 e. The maximum atomic E-state index is 3.42. The van der Waals surface area contributed by atoms with E-state index in [2.05, 4.69) is 63.5 Å². The molecule has 13 aliphatic rings. The fraction of sp³-hybridized carbons (Fsp3) is 0.972. The highest BCUT2D eigenvalue weighted by Crippen LogP contribution is 2.67. The zero-order valence-electron chi connectivity index (χ0n) is 49.1. The van der Waals surface area contributed by atoms with Gasteiger partial charge in [0.1, 0.15) is 0 Å². The van der Waals surface area contributed by atoms with E-state index in [0.717, 1.165) is 131 Å². The predicted octanol–water partition coefficient (Wildman–Crippen LogP) is 19.3. The lowest BCUT2D eigenvalue weighted by Gasteiger charge is -2.53. The fourth-order valence-electron chi connectivity index (χ4n) is 25.8. The van der Waals surface area contributed by atoms with Gasteiger partial charge in [0, 0.05) is 36.3 Å². The zero-order valence-corrected chi connectivity index (χ0v) is 49.1. The number of allylic oxidation sites excluding steroid dienone is 2. The summed E-state index contributed by atoms with van der Waals surface area (Å²) in [4.78, 5) is 6.80. The molecule has 0 aromatic heterocycles. The smallest absolute Gasteiger partial charge is 0.0104 e. The van der Waals surface area contributed by atoms with Gasteiger partial charge in [0.2, 0.25) is 0 Å². The SMILES string of the molecule is CC1(C)C2CCCCC2C2CCC(N(C3CCC(C=CC4CCC(N(C5CCC6C7CCCCC7C(C)(C)C6C5)C5CCC6C7CCCCC7C(C)(C)C6C5)CC4)CC3)C3CCC(C4CCCCC4)CC3)CC21. The molecule has 0 bridgehead atoms. The summed E-state index contributed by atoms with van der Waals surface area (Å²) in [5, 5.41) is 0. The molecule has 73 heavy (non-hydrogen) atoms. The van der Waals surface area contributed by atoms with Crippen LogP contribution in [0.3, 0.4) is 0 Å². The second-order valence-corrected chi connectivity index (χ2v) is 32.7. The Hall–Kier alpha value is -0.340. The van der Waals surface area contributed by atoms with E-state index in [1.807, 2.05) is 0 Å². The van der Waals surface area contributed by atoms with E-state index in [1.54, 1.807) is 103 Å². The van der Waals surface area contributed by atoms with Crippen LogP contribution in [0.5, 0.6) is 0 Å². The maximum absolute atomic E-state index is 3.42. The first-order valence-electron chi connectivity index (χ1n) is 34.7. The Morgan fingerprint density at radius 3 is 0.890 bits per heavy atom. The van der Waals surface area contributed by atoms with Crippen LogP contribution >= 0.6 is 0 Å². The third kappa shape index (κ3) is 9.57. The standard InChI is InChI=1S/C71H118N2/c1-69(2)63-21-13-10-18-57(63)60-41-38-54(44-66(60)69)72(53-36-30-50(31-37-53)49-16-8-7-9-17-49)51-32-26-47(27-33-51)24-25-48-28-34-52(35-29-48)73(55-39-42-61-58-19-11-14-22-64(58)70(3,4)67(61)45-55)56-40-43-62-59-20-12-15-23-65(59)71(5,6)68(62)46-56/h24-25,47-68H,7-23,26-46H2,1-6H3. The number of fused-ring (bicyclic) bond motifs is 9. The van der Waals surface area contributed by atoms with Gasteiger partial charge in [-0.1, -0.05) is 124 Å². The fourth-order valence-corrected chi connectivity index (χ4v) is 25.8. The summed E-state index contributed by atoms with van der Waals surface area (Å²) >= 11 is 0. The Labute approximate surface area is 452 Å². The Morgan fingerprint density at radius 2 is 0.521 bits per heavy atom. The van der Waals surface area contributed by atoms with Crippen molar-refractivity contribution in [1.82, 2.24) is 9.80 Å². The highest BCUT2D eigenvalue weighted by Gasteiger charge is 2.61. The predicted molar refractivity (Wildman–Crippen MR) is 308 cm³/mol. The van der Waals surface area contributed by atoms with E-state index in [9.17, 15) is 0 Å². The molecule has 2 heteroatoms. The van der Waals surface area contributed by atoms with Crippen molar-refractivity contribution >= 4 is 0 Å². The quantitative estimate of drug-likeness (QED) is 0.212. The normalized spacial score (nSPS) is 49.7. The molecule has 0 aliphatic heterocycles. The monoisotopic (exact) mass is 999 g/mol. The van der Waals surface area contributed by atoms with Crippen molar-refractivity contribution < 1.29 is 0 Å². The molecule has 0 saturated heterocycles. The van der Waals surface area contributed by atoms with Gasteiger partial charge in [-0.15, -0.1) is 0 Å². The van der Waals surface area contributed by atoms with Crippen LogP contribution in [0.25, 0.3) is 0 Å². The lowest BCUT2D eigenvalue weighted by Crippen LogP contribution is -2.55. The van der Waals surface area contributed by atoms with Crippen LogP contribution < -0.4 is 0 Å². The molecule has 13 aliphatic carbocycles. The lowest BCUT2D eigenvalue weighted by atomic mass is 9.65. The molecule has 0 amide bonds. The Morgan fingerprint density at radius 1 is 0.247 bits per heavy atom. The van der Waals surface area contributed by atoms with Gasteiger partial charge in [-0.25, -0.2) is 0 Å². The molecule has 15 atom stereocenters. The minimum atomic E-state index is 0.555. The van der Waals surface area contributed by atoms with Crippen LogP contribution in [0.2, 0.25) is 0 Å². The molecule has 13 saturated carbocycles. The first kappa shape index (κ1) is 52.1. The first-order valence-corrected chi connectivity index (χ1v) is 34.7. The molecule has 0 N–H and O–H groups in total. The molecular formula is C71H118N2. The van der Waals surface area contributed by atoms with Crippen LogP contribution in [0, 0.1) is 111 Å². The van der Waals surface area contributed by atoms with Gasteiger partial charge < -0.3 is 0 Å². The summed E-state index contributed by atoms with van der Waals surface area (Å²) in [6.45, 7) is 16.6. The molecule has 0 aromatic carbocycles. The molecule has 2 nitrogen and oxygen atoms in total. The molecule has 0 aromatic rings. The second-order valence-electron chi connectivity index (χ2n) is 32.7. The minimum absolute atomic E-state index is 0.555. The number of nitrogens with zero attached hydrogens (tertiary/aromatic N) is 2. The molecule has 13 fully saturated rings.